The summed E-state index contributed by atoms with van der Waals surface area (Å²) in [6.07, 6.45) is 0. The number of carboxylic acids is 1. The fourth-order valence-corrected chi connectivity index (χ4v) is 4.39. The van der Waals surface area contributed by atoms with Crippen LogP contribution in [0.15, 0.2) is 72.8 Å². The summed E-state index contributed by atoms with van der Waals surface area (Å²) >= 11 is 0. The molecule has 0 amide bonds. The minimum atomic E-state index is -0.924. The van der Waals surface area contributed by atoms with Gasteiger partial charge in [-0.05, 0) is 41.7 Å². The normalized spacial score (nSPS) is 12.1. The maximum atomic E-state index is 12.5. The van der Waals surface area contributed by atoms with Gasteiger partial charge in [-0.15, -0.1) is 0 Å². The monoisotopic (exact) mass is 442 g/mol. The lowest BCUT2D eigenvalue weighted by atomic mass is 10.0. The van der Waals surface area contributed by atoms with E-state index in [-0.39, 0.29) is 0 Å². The lowest BCUT2D eigenvalue weighted by Crippen LogP contribution is -2.21. The molecule has 0 spiro atoms. The Balaban J connectivity index is 1.71. The van der Waals surface area contributed by atoms with Crippen LogP contribution in [0.5, 0.6) is 5.75 Å². The van der Waals surface area contributed by atoms with E-state index < -0.39 is 5.97 Å². The highest BCUT2D eigenvalue weighted by molar-refractivity contribution is 5.98. The third kappa shape index (κ3) is 4.78. The second-order valence-electron chi connectivity index (χ2n) is 8.47. The molecule has 0 radical (unpaired) electrons. The Hall–Kier alpha value is -3.57. The van der Waals surface area contributed by atoms with Crippen LogP contribution in [-0.2, 0) is 13.1 Å². The van der Waals surface area contributed by atoms with Crippen molar-refractivity contribution in [1.29, 1.82) is 0 Å². The number of rotatable bonds is 9. The number of nitrogens with zero attached hydrogens (tertiary/aromatic N) is 1. The van der Waals surface area contributed by atoms with Crippen molar-refractivity contribution in [2.45, 2.75) is 32.9 Å². The standard InChI is InChI=1S/C28H30N2O3/c1-19-9-7-8-12-22(19)18-30-26-15-23(33-3)13-14-24(26)25(27(30)28(31)32)17-29-16-20(2)21-10-5-4-6-11-21/h4-15,20,29H,16-18H2,1-3H3,(H,31,32). The second-order valence-corrected chi connectivity index (χ2v) is 8.47. The Labute approximate surface area is 194 Å². The lowest BCUT2D eigenvalue weighted by Gasteiger charge is -2.14. The molecule has 4 aromatic rings. The molecule has 1 aromatic heterocycles. The summed E-state index contributed by atoms with van der Waals surface area (Å²) in [5, 5.41) is 14.7. The highest BCUT2D eigenvalue weighted by Gasteiger charge is 2.23. The molecule has 0 bridgehead atoms. The third-order valence-electron chi connectivity index (χ3n) is 6.29. The molecule has 1 heterocycles. The zero-order valence-corrected chi connectivity index (χ0v) is 19.3. The van der Waals surface area contributed by atoms with Gasteiger partial charge in [0, 0.05) is 36.7 Å². The van der Waals surface area contributed by atoms with Crippen LogP contribution in [-0.4, -0.2) is 29.3 Å². The van der Waals surface area contributed by atoms with E-state index >= 15 is 0 Å². The number of hydrogen-bond acceptors (Lipinski definition) is 3. The molecule has 0 saturated carbocycles. The van der Waals surface area contributed by atoms with E-state index in [1.807, 2.05) is 59.2 Å². The molecular formula is C28H30N2O3. The van der Waals surface area contributed by atoms with Gasteiger partial charge in [0.05, 0.1) is 12.6 Å². The number of carbonyl (C=O) groups is 1. The zero-order valence-electron chi connectivity index (χ0n) is 19.3. The minimum Gasteiger partial charge on any atom is -0.497 e. The number of aromatic nitrogens is 1. The van der Waals surface area contributed by atoms with E-state index in [9.17, 15) is 9.90 Å². The second kappa shape index (κ2) is 9.92. The van der Waals surface area contributed by atoms with Gasteiger partial charge in [-0.3, -0.25) is 0 Å². The van der Waals surface area contributed by atoms with Crippen LogP contribution in [0, 0.1) is 6.92 Å². The van der Waals surface area contributed by atoms with Gasteiger partial charge in [-0.2, -0.15) is 0 Å². The molecule has 33 heavy (non-hydrogen) atoms. The average Bonchev–Trinajstić information content (AvgIpc) is 3.13. The molecule has 1 unspecified atom stereocenters. The summed E-state index contributed by atoms with van der Waals surface area (Å²) in [6, 6.07) is 24.2. The largest absolute Gasteiger partial charge is 0.497 e. The van der Waals surface area contributed by atoms with Crippen molar-refractivity contribution in [2.75, 3.05) is 13.7 Å². The first-order valence-corrected chi connectivity index (χ1v) is 11.2. The Morgan fingerprint density at radius 1 is 1.06 bits per heavy atom. The number of benzene rings is 3. The minimum absolute atomic E-state index is 0.319. The fraction of sp³-hybridized carbons (Fsp3) is 0.250. The van der Waals surface area contributed by atoms with E-state index in [1.54, 1.807) is 7.11 Å². The summed E-state index contributed by atoms with van der Waals surface area (Å²) < 4.78 is 7.35. The average molecular weight is 443 g/mol. The van der Waals surface area contributed by atoms with Crippen LogP contribution < -0.4 is 10.1 Å². The van der Waals surface area contributed by atoms with Crippen molar-refractivity contribution in [3.8, 4) is 5.75 Å². The van der Waals surface area contributed by atoms with Gasteiger partial charge in [0.1, 0.15) is 11.4 Å². The Kier molecular flexibility index (Phi) is 6.80. The summed E-state index contributed by atoms with van der Waals surface area (Å²) in [4.78, 5) is 12.5. The first kappa shape index (κ1) is 22.6. The molecule has 2 N–H and O–H groups in total. The topological polar surface area (TPSA) is 63.5 Å². The van der Waals surface area contributed by atoms with Gasteiger partial charge in [0.2, 0.25) is 0 Å². The maximum Gasteiger partial charge on any atom is 0.352 e. The van der Waals surface area contributed by atoms with Crippen molar-refractivity contribution < 1.29 is 14.6 Å². The van der Waals surface area contributed by atoms with Gasteiger partial charge in [0.15, 0.2) is 0 Å². The quantitative estimate of drug-likeness (QED) is 0.354. The highest BCUT2D eigenvalue weighted by atomic mass is 16.5. The molecule has 0 aliphatic rings. The van der Waals surface area contributed by atoms with Crippen LogP contribution in [0.25, 0.3) is 10.9 Å². The van der Waals surface area contributed by atoms with Gasteiger partial charge in [-0.25, -0.2) is 4.79 Å². The first-order valence-electron chi connectivity index (χ1n) is 11.2. The van der Waals surface area contributed by atoms with Gasteiger partial charge in [0.25, 0.3) is 0 Å². The predicted octanol–water partition coefficient (Wildman–Crippen LogP) is 5.60. The number of carboxylic acid groups (broad SMARTS) is 1. The SMILES string of the molecule is COc1ccc2c(CNCC(C)c3ccccc3)c(C(=O)O)n(Cc3ccccc3C)c2c1. The molecular weight excluding hydrogens is 412 g/mol. The lowest BCUT2D eigenvalue weighted by molar-refractivity contribution is 0.0684. The molecule has 3 aromatic carbocycles. The van der Waals surface area contributed by atoms with Crippen LogP contribution in [0.1, 0.15) is 45.6 Å². The first-order chi connectivity index (χ1) is 16.0. The summed E-state index contributed by atoms with van der Waals surface area (Å²) in [5.41, 5.74) is 5.47. The number of aromatic carboxylic acids is 1. The van der Waals surface area contributed by atoms with Crippen LogP contribution in [0.4, 0.5) is 0 Å². The number of aryl methyl sites for hydroxylation is 1. The molecule has 1 atom stereocenters. The van der Waals surface area contributed by atoms with E-state index in [0.29, 0.717) is 30.5 Å². The fourth-order valence-electron chi connectivity index (χ4n) is 4.39. The van der Waals surface area contributed by atoms with E-state index in [0.717, 1.165) is 34.1 Å². The van der Waals surface area contributed by atoms with E-state index in [2.05, 4.69) is 37.4 Å². The summed E-state index contributed by atoms with van der Waals surface area (Å²) in [7, 11) is 1.63. The molecule has 0 fully saturated rings. The number of nitrogens with one attached hydrogen (secondary N) is 1. The van der Waals surface area contributed by atoms with E-state index in [1.165, 1.54) is 5.56 Å². The van der Waals surface area contributed by atoms with Crippen LogP contribution in [0.3, 0.4) is 0 Å². The number of methoxy groups -OCH3 is 1. The Morgan fingerprint density at radius 2 is 1.79 bits per heavy atom. The molecule has 4 rings (SSSR count). The van der Waals surface area contributed by atoms with Crippen molar-refractivity contribution in [3.63, 3.8) is 0 Å². The number of hydrogen-bond donors (Lipinski definition) is 2. The van der Waals surface area contributed by atoms with Crippen molar-refractivity contribution in [3.05, 3.63) is 101 Å². The summed E-state index contributed by atoms with van der Waals surface area (Å²) in [5.74, 6) is 0.103. The highest BCUT2D eigenvalue weighted by Crippen LogP contribution is 2.31. The van der Waals surface area contributed by atoms with Gasteiger partial charge in [-0.1, -0.05) is 61.5 Å². The smallest absolute Gasteiger partial charge is 0.352 e. The molecule has 0 aliphatic heterocycles. The predicted molar refractivity (Wildman–Crippen MR) is 132 cm³/mol. The maximum absolute atomic E-state index is 12.5. The molecule has 0 aliphatic carbocycles. The van der Waals surface area contributed by atoms with E-state index in [4.69, 9.17) is 4.74 Å². The number of fused-ring (bicyclic) bond motifs is 1. The molecule has 5 heteroatoms. The Bertz CT molecular complexity index is 1260. The summed E-state index contributed by atoms with van der Waals surface area (Å²) in [6.45, 7) is 5.94. The van der Waals surface area contributed by atoms with Crippen molar-refractivity contribution in [1.82, 2.24) is 9.88 Å². The van der Waals surface area contributed by atoms with Crippen LogP contribution >= 0.6 is 0 Å². The molecule has 5 nitrogen and oxygen atoms in total. The van der Waals surface area contributed by atoms with Crippen molar-refractivity contribution >= 4 is 16.9 Å². The molecule has 0 saturated heterocycles. The van der Waals surface area contributed by atoms with Crippen molar-refractivity contribution in [2.24, 2.45) is 0 Å². The Morgan fingerprint density at radius 3 is 2.48 bits per heavy atom. The third-order valence-corrected chi connectivity index (χ3v) is 6.29. The molecule has 170 valence electrons. The van der Waals surface area contributed by atoms with Gasteiger partial charge < -0.3 is 19.7 Å². The number of ether oxygens (including phenoxy) is 1. The van der Waals surface area contributed by atoms with Gasteiger partial charge >= 0.3 is 5.97 Å². The zero-order chi connectivity index (χ0) is 23.4. The van der Waals surface area contributed by atoms with Crippen LogP contribution in [0.2, 0.25) is 0 Å².